The highest BCUT2D eigenvalue weighted by Crippen LogP contribution is 2.47. The van der Waals surface area contributed by atoms with E-state index in [1.807, 2.05) is 76.9 Å². The number of amides is 2. The number of likely N-dealkylation sites (tertiary alicyclic amines) is 1. The Hall–Kier alpha value is -4.44. The summed E-state index contributed by atoms with van der Waals surface area (Å²) in [6.07, 6.45) is 14.8. The topological polar surface area (TPSA) is 226 Å². The zero-order valence-corrected chi connectivity index (χ0v) is 38.9. The molecular formula is C45H76N6O10. The van der Waals surface area contributed by atoms with E-state index in [0.717, 1.165) is 32.4 Å². The van der Waals surface area contributed by atoms with Crippen molar-refractivity contribution in [1.82, 2.24) is 24.0 Å². The Morgan fingerprint density at radius 1 is 0.836 bits per heavy atom. The van der Waals surface area contributed by atoms with Gasteiger partial charge in [0.1, 0.15) is 0 Å². The molecule has 2 aromatic rings. The average Bonchev–Trinajstić information content (AvgIpc) is 4.00. The Labute approximate surface area is 363 Å². The molecule has 16 heteroatoms. The Morgan fingerprint density at radius 2 is 1.34 bits per heavy atom. The van der Waals surface area contributed by atoms with Crippen molar-refractivity contribution in [2.75, 3.05) is 26.3 Å². The van der Waals surface area contributed by atoms with Crippen molar-refractivity contribution >= 4 is 35.7 Å². The van der Waals surface area contributed by atoms with Gasteiger partial charge in [-0.15, -0.1) is 0 Å². The average molecular weight is 861 g/mol. The van der Waals surface area contributed by atoms with Crippen LogP contribution in [0.1, 0.15) is 122 Å². The first kappa shape index (κ1) is 54.6. The quantitative estimate of drug-likeness (QED) is 0.0837. The number of aromatic nitrogens is 4. The van der Waals surface area contributed by atoms with E-state index in [1.165, 1.54) is 4.90 Å². The van der Waals surface area contributed by atoms with E-state index in [9.17, 15) is 33.9 Å². The molecule has 2 amide bonds. The molecule has 4 N–H and O–H groups in total. The number of rotatable bonds is 19. The number of nitrogens with two attached hydrogens (primary N) is 1. The van der Waals surface area contributed by atoms with Gasteiger partial charge in [-0.1, -0.05) is 82.1 Å². The monoisotopic (exact) mass is 861 g/mol. The third kappa shape index (κ3) is 15.8. The van der Waals surface area contributed by atoms with Crippen LogP contribution in [0.4, 0.5) is 0 Å². The van der Waals surface area contributed by atoms with Crippen LogP contribution in [0.5, 0.6) is 0 Å². The molecule has 2 aliphatic rings. The fourth-order valence-corrected chi connectivity index (χ4v) is 8.05. The molecule has 61 heavy (non-hydrogen) atoms. The molecule has 2 fully saturated rings. The molecule has 0 spiro atoms. The van der Waals surface area contributed by atoms with Crippen LogP contribution in [-0.4, -0.2) is 96.2 Å². The Balaban J connectivity index is 0.000000597. The number of nitrogens with zero attached hydrogens (tertiary/aromatic N) is 5. The van der Waals surface area contributed by atoms with E-state index in [0.29, 0.717) is 32.4 Å². The van der Waals surface area contributed by atoms with Crippen LogP contribution in [-0.2, 0) is 51.3 Å². The number of aliphatic carboxylic acids is 1. The maximum Gasteiger partial charge on any atom is 0.318 e. The van der Waals surface area contributed by atoms with Gasteiger partial charge in [-0.3, -0.25) is 33.7 Å². The van der Waals surface area contributed by atoms with Gasteiger partial charge in [0.25, 0.3) is 0 Å². The molecule has 2 aromatic heterocycles. The second-order valence-electron chi connectivity index (χ2n) is 17.9. The summed E-state index contributed by atoms with van der Waals surface area (Å²) in [7, 11) is 0. The molecular weight excluding hydrogens is 785 g/mol. The lowest BCUT2D eigenvalue weighted by atomic mass is 9.65. The lowest BCUT2D eigenvalue weighted by Crippen LogP contribution is -2.41. The Kier molecular flexibility index (Phi) is 22.8. The number of aliphatic hydroxyl groups excluding tert-OH is 1. The van der Waals surface area contributed by atoms with Crippen LogP contribution in [0.3, 0.4) is 0 Å². The van der Waals surface area contributed by atoms with Crippen molar-refractivity contribution in [3.8, 4) is 0 Å². The van der Waals surface area contributed by atoms with Crippen molar-refractivity contribution in [2.24, 2.45) is 57.5 Å². The van der Waals surface area contributed by atoms with Crippen molar-refractivity contribution < 1.29 is 48.5 Å². The van der Waals surface area contributed by atoms with Crippen molar-refractivity contribution in [3.63, 3.8) is 0 Å². The number of hydrogen-bond donors (Lipinski definition) is 3. The highest BCUT2D eigenvalue weighted by molar-refractivity contribution is 6.05. The van der Waals surface area contributed by atoms with Crippen LogP contribution in [0.15, 0.2) is 37.4 Å². The standard InChI is InChI=1S/C27H43N3O6.C10H16O3.C6H11N3.C2H6O/c1-8-26(4,5)21-19(22(31)30(23(21)32)15-10-14-29-16-13-28-17-29)11-12-27(6,7)20(24(33)34)18(3)25(35)36-9-2;1-5-10(3,4)7-6(2)8(11)13-9(7)12;7-2-1-4-9-5-3-8-6-9;1-2-3/h13,16-21H,8-12,14-15H2,1-7H3,(H,33,34);6-7H,5H2,1-4H3;3,5-6H,1-2,4,7H2;3H,2H2,1H3. The molecule has 0 saturated carbocycles. The molecule has 2 aliphatic heterocycles. The predicted octanol–water partition coefficient (Wildman–Crippen LogP) is 6.01. The van der Waals surface area contributed by atoms with Crippen molar-refractivity contribution in [1.29, 1.82) is 0 Å². The summed E-state index contributed by atoms with van der Waals surface area (Å²) < 4.78 is 13.6. The van der Waals surface area contributed by atoms with Gasteiger partial charge < -0.3 is 34.6 Å². The number of ether oxygens (including phenoxy) is 2. The molecule has 0 radical (unpaired) electrons. The lowest BCUT2D eigenvalue weighted by Gasteiger charge is -2.37. The number of carbonyl (C=O) groups excluding carboxylic acids is 5. The maximum absolute atomic E-state index is 13.5. The van der Waals surface area contributed by atoms with Gasteiger partial charge in [-0.25, -0.2) is 9.97 Å². The number of aliphatic hydroxyl groups is 1. The SMILES string of the molecule is CCC(C)(C)C1C(=O)OC(=O)C1C.CCO.CCOC(=O)C(C)C(C(=O)O)C(C)(C)CCC1C(=O)N(CCCn2ccnc2)C(=O)C1C(C)(C)CC.NCCCn1ccnc1. The highest BCUT2D eigenvalue weighted by Gasteiger charge is 2.54. The molecule has 4 rings (SSSR count). The molecule has 6 atom stereocenters. The number of imidazole rings is 2. The van der Waals surface area contributed by atoms with Crippen LogP contribution in [0, 0.1) is 51.8 Å². The van der Waals surface area contributed by atoms with E-state index in [2.05, 4.69) is 14.7 Å². The molecule has 0 aliphatic carbocycles. The first-order valence-corrected chi connectivity index (χ1v) is 21.8. The fourth-order valence-electron chi connectivity index (χ4n) is 8.05. The third-order valence-electron chi connectivity index (χ3n) is 12.3. The zero-order valence-electron chi connectivity index (χ0n) is 38.9. The van der Waals surface area contributed by atoms with Crippen LogP contribution >= 0.6 is 0 Å². The first-order chi connectivity index (χ1) is 28.5. The third-order valence-corrected chi connectivity index (χ3v) is 12.3. The van der Waals surface area contributed by atoms with Gasteiger partial charge >= 0.3 is 23.9 Å². The minimum atomic E-state index is -1.07. The summed E-state index contributed by atoms with van der Waals surface area (Å²) >= 11 is 0. The summed E-state index contributed by atoms with van der Waals surface area (Å²) in [5.74, 6) is -6.03. The molecule has 346 valence electrons. The molecule has 6 unspecified atom stereocenters. The summed E-state index contributed by atoms with van der Waals surface area (Å²) in [6.45, 7) is 25.5. The number of esters is 3. The van der Waals surface area contributed by atoms with Gasteiger partial charge in [0.05, 0.1) is 54.8 Å². The van der Waals surface area contributed by atoms with Crippen LogP contribution in [0.2, 0.25) is 0 Å². The number of hydrogen-bond acceptors (Lipinski definition) is 12. The fraction of sp³-hybridized carbons (Fsp3) is 0.733. The van der Waals surface area contributed by atoms with E-state index in [-0.39, 0.29) is 59.6 Å². The van der Waals surface area contributed by atoms with Gasteiger partial charge in [-0.05, 0) is 62.3 Å². The Morgan fingerprint density at radius 3 is 1.75 bits per heavy atom. The van der Waals surface area contributed by atoms with Gasteiger partial charge in [0.2, 0.25) is 11.8 Å². The summed E-state index contributed by atoms with van der Waals surface area (Å²) in [5.41, 5.74) is 3.98. The first-order valence-electron chi connectivity index (χ1n) is 21.8. The largest absolute Gasteiger partial charge is 0.481 e. The smallest absolute Gasteiger partial charge is 0.318 e. The van der Waals surface area contributed by atoms with Crippen molar-refractivity contribution in [3.05, 3.63) is 37.4 Å². The number of carboxylic acid groups (broad SMARTS) is 1. The van der Waals surface area contributed by atoms with E-state index >= 15 is 0 Å². The number of imide groups is 1. The number of cyclic esters (lactones) is 2. The summed E-state index contributed by atoms with van der Waals surface area (Å²) in [6, 6.07) is 0. The van der Waals surface area contributed by atoms with Crippen molar-refractivity contribution in [2.45, 2.75) is 135 Å². The van der Waals surface area contributed by atoms with Gasteiger partial charge in [-0.2, -0.15) is 0 Å². The molecule has 16 nitrogen and oxygen atoms in total. The minimum absolute atomic E-state index is 0.144. The maximum atomic E-state index is 13.5. The zero-order chi connectivity index (χ0) is 46.7. The van der Waals surface area contributed by atoms with E-state index in [4.69, 9.17) is 15.6 Å². The molecule has 0 aromatic carbocycles. The number of carbonyl (C=O) groups is 6. The number of carboxylic acids is 1. The van der Waals surface area contributed by atoms with Crippen LogP contribution in [0.25, 0.3) is 0 Å². The predicted molar refractivity (Wildman–Crippen MR) is 231 cm³/mol. The molecule has 0 bridgehead atoms. The van der Waals surface area contributed by atoms with E-state index < -0.39 is 41.0 Å². The normalized spacial score (nSPS) is 20.1. The minimum Gasteiger partial charge on any atom is -0.481 e. The summed E-state index contributed by atoms with van der Waals surface area (Å²) in [4.78, 5) is 83.4. The second-order valence-corrected chi connectivity index (χ2v) is 17.9. The highest BCUT2D eigenvalue weighted by atomic mass is 16.6. The van der Waals surface area contributed by atoms with Gasteiger partial charge in [0, 0.05) is 51.0 Å². The molecule has 4 heterocycles. The summed E-state index contributed by atoms with van der Waals surface area (Å²) in [5, 5.41) is 17.5. The van der Waals surface area contributed by atoms with E-state index in [1.54, 1.807) is 52.7 Å². The van der Waals surface area contributed by atoms with Gasteiger partial charge in [0.15, 0.2) is 0 Å². The van der Waals surface area contributed by atoms with Crippen LogP contribution < -0.4 is 5.73 Å². The Bertz CT molecular complexity index is 1660. The molecule has 2 saturated heterocycles. The lowest BCUT2D eigenvalue weighted by molar-refractivity contribution is -0.161. The second kappa shape index (κ2) is 25.5. The number of aryl methyl sites for hydroxylation is 2.